The largest absolute Gasteiger partial charge is 0.270 e. The Morgan fingerprint density at radius 2 is 2.16 bits per heavy atom. The summed E-state index contributed by atoms with van der Waals surface area (Å²) in [6.07, 6.45) is 1.56. The molecule has 0 N–H and O–H groups in total. The Morgan fingerprint density at radius 1 is 1.42 bits per heavy atom. The van der Waals surface area contributed by atoms with Gasteiger partial charge in [-0.1, -0.05) is 11.6 Å². The molecule has 0 aliphatic rings. The molecule has 98 valence electrons. The number of nitrogens with zero attached hydrogens (tertiary/aromatic N) is 3. The molecule has 0 fully saturated rings. The van der Waals surface area contributed by atoms with Gasteiger partial charge in [-0.25, -0.2) is 4.68 Å². The van der Waals surface area contributed by atoms with Crippen molar-refractivity contribution in [2.24, 2.45) is 0 Å². The molecule has 0 bridgehead atoms. The molecule has 0 aliphatic heterocycles. The van der Waals surface area contributed by atoms with Crippen LogP contribution in [0.15, 0.2) is 35.3 Å². The van der Waals surface area contributed by atoms with E-state index in [4.69, 9.17) is 11.6 Å². The van der Waals surface area contributed by atoms with Crippen molar-refractivity contribution >= 4 is 39.9 Å². The topological polar surface area (TPSA) is 78.0 Å². The van der Waals surface area contributed by atoms with Gasteiger partial charge < -0.3 is 0 Å². The van der Waals surface area contributed by atoms with Gasteiger partial charge in [-0.15, -0.1) is 0 Å². The SMILES string of the molecule is O=c1cc(I)cnn1Cc1ccc([N+](=O)[O-])cc1Cl. The predicted molar refractivity (Wildman–Crippen MR) is 78.4 cm³/mol. The number of nitro benzene ring substituents is 1. The highest BCUT2D eigenvalue weighted by Crippen LogP contribution is 2.22. The van der Waals surface area contributed by atoms with Gasteiger partial charge in [0.05, 0.1) is 22.7 Å². The van der Waals surface area contributed by atoms with Crippen molar-refractivity contribution in [3.8, 4) is 0 Å². The van der Waals surface area contributed by atoms with Crippen LogP contribution in [0, 0.1) is 13.7 Å². The zero-order valence-electron chi connectivity index (χ0n) is 9.42. The summed E-state index contributed by atoms with van der Waals surface area (Å²) in [5.41, 5.74) is 0.265. The van der Waals surface area contributed by atoms with Crippen LogP contribution in [0.4, 0.5) is 5.69 Å². The zero-order valence-corrected chi connectivity index (χ0v) is 12.3. The second kappa shape index (κ2) is 5.66. The number of non-ortho nitro benzene ring substituents is 1. The highest BCUT2D eigenvalue weighted by molar-refractivity contribution is 14.1. The molecule has 2 rings (SSSR count). The van der Waals surface area contributed by atoms with Crippen molar-refractivity contribution in [2.75, 3.05) is 0 Å². The lowest BCUT2D eigenvalue weighted by atomic mass is 10.2. The molecule has 8 heteroatoms. The fourth-order valence-electron chi connectivity index (χ4n) is 1.47. The van der Waals surface area contributed by atoms with Crippen LogP contribution in [0.3, 0.4) is 0 Å². The van der Waals surface area contributed by atoms with Crippen molar-refractivity contribution in [1.29, 1.82) is 0 Å². The average Bonchev–Trinajstić information content (AvgIpc) is 2.34. The molecule has 0 amide bonds. The zero-order chi connectivity index (χ0) is 14.0. The second-order valence-corrected chi connectivity index (χ2v) is 5.36. The predicted octanol–water partition coefficient (Wildman–Crippen LogP) is 2.46. The third-order valence-electron chi connectivity index (χ3n) is 2.40. The summed E-state index contributed by atoms with van der Waals surface area (Å²) in [4.78, 5) is 21.7. The molecular formula is C11H7ClIN3O3. The Hall–Kier alpha value is -1.48. The quantitative estimate of drug-likeness (QED) is 0.457. The Morgan fingerprint density at radius 3 is 2.74 bits per heavy atom. The molecule has 0 saturated carbocycles. The maximum Gasteiger partial charge on any atom is 0.270 e. The lowest BCUT2D eigenvalue weighted by Crippen LogP contribution is -2.22. The molecule has 0 atom stereocenters. The normalized spacial score (nSPS) is 10.4. The maximum atomic E-state index is 11.7. The molecule has 1 aromatic carbocycles. The number of nitro groups is 1. The number of hydrogen-bond acceptors (Lipinski definition) is 4. The van der Waals surface area contributed by atoms with E-state index in [1.54, 1.807) is 6.20 Å². The summed E-state index contributed by atoms with van der Waals surface area (Å²) in [5, 5.41) is 14.8. The van der Waals surface area contributed by atoms with Crippen LogP contribution >= 0.6 is 34.2 Å². The molecular weight excluding hydrogens is 384 g/mol. The average molecular weight is 392 g/mol. The van der Waals surface area contributed by atoms with Gasteiger partial charge in [0.15, 0.2) is 0 Å². The highest BCUT2D eigenvalue weighted by Gasteiger charge is 2.10. The Balaban J connectivity index is 2.33. The molecule has 0 unspecified atom stereocenters. The van der Waals surface area contributed by atoms with Gasteiger partial charge in [-0.05, 0) is 34.2 Å². The van der Waals surface area contributed by atoms with E-state index in [1.165, 1.54) is 28.9 Å². The van der Waals surface area contributed by atoms with Crippen molar-refractivity contribution < 1.29 is 4.92 Å². The van der Waals surface area contributed by atoms with Gasteiger partial charge >= 0.3 is 0 Å². The smallest absolute Gasteiger partial charge is 0.268 e. The third-order valence-corrected chi connectivity index (χ3v) is 3.35. The van der Waals surface area contributed by atoms with Crippen molar-refractivity contribution in [2.45, 2.75) is 6.54 Å². The monoisotopic (exact) mass is 391 g/mol. The molecule has 0 aliphatic carbocycles. The van der Waals surface area contributed by atoms with Gasteiger partial charge in [0, 0.05) is 21.8 Å². The lowest BCUT2D eigenvalue weighted by molar-refractivity contribution is -0.384. The first-order chi connectivity index (χ1) is 8.97. The van der Waals surface area contributed by atoms with Gasteiger partial charge in [0.25, 0.3) is 11.2 Å². The van der Waals surface area contributed by atoms with Crippen molar-refractivity contribution in [1.82, 2.24) is 9.78 Å². The molecule has 2 aromatic rings. The van der Waals surface area contributed by atoms with Crippen molar-refractivity contribution in [3.63, 3.8) is 0 Å². The minimum absolute atomic E-state index is 0.0864. The Kier molecular flexibility index (Phi) is 4.15. The standard InChI is InChI=1S/C11H7ClIN3O3/c12-10-4-9(16(18)19)2-1-7(10)6-15-11(17)3-8(13)5-14-15/h1-5H,6H2. The van der Waals surface area contributed by atoms with Gasteiger partial charge in [-0.3, -0.25) is 14.9 Å². The molecule has 0 spiro atoms. The molecule has 1 aromatic heterocycles. The maximum absolute atomic E-state index is 11.7. The number of hydrogen-bond donors (Lipinski definition) is 0. The van der Waals surface area contributed by atoms with E-state index in [-0.39, 0.29) is 22.8 Å². The van der Waals surface area contributed by atoms with Gasteiger partial charge in [0.2, 0.25) is 0 Å². The summed E-state index contributed by atoms with van der Waals surface area (Å²) < 4.78 is 1.99. The number of benzene rings is 1. The van der Waals surface area contributed by atoms with E-state index in [1.807, 2.05) is 22.6 Å². The number of aromatic nitrogens is 2. The van der Waals surface area contributed by atoms with E-state index < -0.39 is 4.92 Å². The summed E-state index contributed by atoms with van der Waals surface area (Å²) in [5.74, 6) is 0. The van der Waals surface area contributed by atoms with E-state index in [0.717, 1.165) is 3.57 Å². The fraction of sp³-hybridized carbons (Fsp3) is 0.0909. The second-order valence-electron chi connectivity index (χ2n) is 3.70. The van der Waals surface area contributed by atoms with Gasteiger partial charge in [-0.2, -0.15) is 5.10 Å². The number of halogens is 2. The fourth-order valence-corrected chi connectivity index (χ4v) is 2.10. The van der Waals surface area contributed by atoms with Crippen LogP contribution in [0.25, 0.3) is 0 Å². The Bertz CT molecular complexity index is 702. The lowest BCUT2D eigenvalue weighted by Gasteiger charge is -2.06. The van der Waals surface area contributed by atoms with E-state index in [2.05, 4.69) is 5.10 Å². The Labute approximate surface area is 126 Å². The molecule has 0 radical (unpaired) electrons. The van der Waals surface area contributed by atoms with E-state index in [0.29, 0.717) is 5.56 Å². The molecule has 0 saturated heterocycles. The van der Waals surface area contributed by atoms with Crippen LogP contribution < -0.4 is 5.56 Å². The summed E-state index contributed by atoms with van der Waals surface area (Å²) in [6, 6.07) is 5.58. The van der Waals surface area contributed by atoms with Crippen LogP contribution in [0.5, 0.6) is 0 Å². The summed E-state index contributed by atoms with van der Waals surface area (Å²) >= 11 is 7.95. The first-order valence-electron chi connectivity index (χ1n) is 5.13. The van der Waals surface area contributed by atoms with Crippen LogP contribution in [0.1, 0.15) is 5.56 Å². The first-order valence-corrected chi connectivity index (χ1v) is 6.58. The number of rotatable bonds is 3. The molecule has 1 heterocycles. The minimum Gasteiger partial charge on any atom is -0.268 e. The van der Waals surface area contributed by atoms with Crippen LogP contribution in [-0.4, -0.2) is 14.7 Å². The highest BCUT2D eigenvalue weighted by atomic mass is 127. The van der Waals surface area contributed by atoms with Crippen LogP contribution in [-0.2, 0) is 6.54 Å². The van der Waals surface area contributed by atoms with Crippen molar-refractivity contribution in [3.05, 3.63) is 65.1 Å². The van der Waals surface area contributed by atoms with E-state index >= 15 is 0 Å². The minimum atomic E-state index is -0.523. The van der Waals surface area contributed by atoms with E-state index in [9.17, 15) is 14.9 Å². The third kappa shape index (κ3) is 3.29. The molecule has 19 heavy (non-hydrogen) atoms. The summed E-state index contributed by atoms with van der Waals surface area (Å²) in [6.45, 7) is 0.173. The molecule has 6 nitrogen and oxygen atoms in total. The summed E-state index contributed by atoms with van der Waals surface area (Å²) in [7, 11) is 0. The van der Waals surface area contributed by atoms with Gasteiger partial charge in [0.1, 0.15) is 0 Å². The first kappa shape index (κ1) is 13.9. The van der Waals surface area contributed by atoms with Crippen LogP contribution in [0.2, 0.25) is 5.02 Å².